The molecule has 1 heteroatoms. The van der Waals surface area contributed by atoms with Crippen LogP contribution in [-0.4, -0.2) is 12.8 Å². The highest BCUT2D eigenvalue weighted by Gasteiger charge is 2.02. The van der Waals surface area contributed by atoms with Crippen molar-refractivity contribution in [2.75, 3.05) is 7.05 Å². The molecule has 96 valence electrons. The van der Waals surface area contributed by atoms with Crippen LogP contribution in [0.2, 0.25) is 0 Å². The molecule has 0 N–H and O–H groups in total. The fourth-order valence-electron chi connectivity index (χ4n) is 1.89. The van der Waals surface area contributed by atoms with E-state index in [2.05, 4.69) is 62.7 Å². The van der Waals surface area contributed by atoms with Crippen LogP contribution in [0.4, 0.5) is 0 Å². The minimum Gasteiger partial charge on any atom is -0.288 e. The SMILES string of the molecule is C=C(CCC)/C(C)=C/C(=NC)c1cccc(C)c1. The van der Waals surface area contributed by atoms with E-state index in [0.717, 1.165) is 18.6 Å². The maximum Gasteiger partial charge on any atom is 0.0645 e. The molecule has 0 aliphatic carbocycles. The van der Waals surface area contributed by atoms with Crippen molar-refractivity contribution in [2.24, 2.45) is 4.99 Å². The van der Waals surface area contributed by atoms with Crippen molar-refractivity contribution in [2.45, 2.75) is 33.6 Å². The molecule has 0 fully saturated rings. The third-order valence-corrected chi connectivity index (χ3v) is 3.02. The first-order chi connectivity index (χ1) is 8.58. The highest BCUT2D eigenvalue weighted by molar-refractivity contribution is 6.09. The number of allylic oxidation sites excluding steroid dienone is 3. The van der Waals surface area contributed by atoms with Crippen LogP contribution in [0.15, 0.2) is 53.1 Å². The van der Waals surface area contributed by atoms with E-state index in [9.17, 15) is 0 Å². The van der Waals surface area contributed by atoms with Gasteiger partial charge in [-0.05, 0) is 43.5 Å². The van der Waals surface area contributed by atoms with Crippen LogP contribution >= 0.6 is 0 Å². The Morgan fingerprint density at radius 2 is 2.11 bits per heavy atom. The van der Waals surface area contributed by atoms with Gasteiger partial charge in [0.15, 0.2) is 0 Å². The molecule has 1 aromatic carbocycles. The quantitative estimate of drug-likeness (QED) is 0.522. The lowest BCUT2D eigenvalue weighted by atomic mass is 10.00. The van der Waals surface area contributed by atoms with Crippen molar-refractivity contribution in [3.8, 4) is 0 Å². The summed E-state index contributed by atoms with van der Waals surface area (Å²) in [5, 5.41) is 0. The standard InChI is InChI=1S/C17H23N/c1-6-8-14(3)15(4)12-17(18-5)16-10-7-9-13(2)11-16/h7,9-12H,3,6,8H2,1-2,4-5H3/b15-12+,18-17?. The lowest BCUT2D eigenvalue weighted by Crippen LogP contribution is -1.99. The number of hydrogen-bond acceptors (Lipinski definition) is 1. The normalized spacial score (nSPS) is 12.7. The zero-order valence-electron chi connectivity index (χ0n) is 12.0. The van der Waals surface area contributed by atoms with E-state index in [1.54, 1.807) is 0 Å². The topological polar surface area (TPSA) is 12.4 Å². The minimum atomic E-state index is 1.02. The molecular formula is C17H23N. The molecule has 0 bridgehead atoms. The van der Waals surface area contributed by atoms with Crippen molar-refractivity contribution in [1.29, 1.82) is 0 Å². The first-order valence-electron chi connectivity index (χ1n) is 6.48. The summed E-state index contributed by atoms with van der Waals surface area (Å²) in [6.07, 6.45) is 4.31. The summed E-state index contributed by atoms with van der Waals surface area (Å²) >= 11 is 0. The molecule has 0 spiro atoms. The molecule has 18 heavy (non-hydrogen) atoms. The van der Waals surface area contributed by atoms with Crippen LogP contribution in [-0.2, 0) is 0 Å². The Balaban J connectivity index is 2.99. The van der Waals surface area contributed by atoms with Crippen molar-refractivity contribution < 1.29 is 0 Å². The van der Waals surface area contributed by atoms with Crippen LogP contribution < -0.4 is 0 Å². The maximum absolute atomic E-state index is 4.38. The fraction of sp³-hybridized carbons (Fsp3) is 0.353. The van der Waals surface area contributed by atoms with Gasteiger partial charge in [0, 0.05) is 7.05 Å². The van der Waals surface area contributed by atoms with Crippen molar-refractivity contribution in [1.82, 2.24) is 0 Å². The molecule has 0 atom stereocenters. The predicted octanol–water partition coefficient (Wildman–Crippen LogP) is 4.72. The van der Waals surface area contributed by atoms with Gasteiger partial charge >= 0.3 is 0 Å². The summed E-state index contributed by atoms with van der Waals surface area (Å²) in [4.78, 5) is 4.38. The molecule has 0 saturated carbocycles. The van der Waals surface area contributed by atoms with Gasteiger partial charge in [-0.2, -0.15) is 0 Å². The number of benzene rings is 1. The van der Waals surface area contributed by atoms with Gasteiger partial charge in [-0.1, -0.05) is 49.3 Å². The van der Waals surface area contributed by atoms with E-state index in [1.807, 2.05) is 7.05 Å². The lowest BCUT2D eigenvalue weighted by Gasteiger charge is -2.07. The molecule has 0 aliphatic rings. The second-order valence-corrected chi connectivity index (χ2v) is 4.66. The summed E-state index contributed by atoms with van der Waals surface area (Å²) in [5.41, 5.74) is 5.87. The Morgan fingerprint density at radius 1 is 1.39 bits per heavy atom. The first kappa shape index (κ1) is 14.4. The number of nitrogens with zero attached hydrogens (tertiary/aromatic N) is 1. The van der Waals surface area contributed by atoms with E-state index in [4.69, 9.17) is 0 Å². The Labute approximate surface area is 111 Å². The summed E-state index contributed by atoms with van der Waals surface area (Å²) in [6, 6.07) is 8.43. The van der Waals surface area contributed by atoms with Gasteiger partial charge in [0.2, 0.25) is 0 Å². The van der Waals surface area contributed by atoms with Crippen molar-refractivity contribution in [3.05, 3.63) is 59.2 Å². The number of aliphatic imine (C=N–C) groups is 1. The van der Waals surface area contributed by atoms with Gasteiger partial charge in [0.25, 0.3) is 0 Å². The molecular weight excluding hydrogens is 218 g/mol. The molecule has 0 aliphatic heterocycles. The molecule has 0 radical (unpaired) electrons. The molecule has 0 heterocycles. The van der Waals surface area contributed by atoms with Gasteiger partial charge in [-0.25, -0.2) is 0 Å². The third-order valence-electron chi connectivity index (χ3n) is 3.02. The highest BCUT2D eigenvalue weighted by Crippen LogP contribution is 2.15. The average Bonchev–Trinajstić information content (AvgIpc) is 2.35. The van der Waals surface area contributed by atoms with Gasteiger partial charge in [0.05, 0.1) is 5.71 Å². The van der Waals surface area contributed by atoms with Crippen LogP contribution in [0.1, 0.15) is 37.8 Å². The molecule has 0 unspecified atom stereocenters. The molecule has 1 aromatic rings. The predicted molar refractivity (Wildman–Crippen MR) is 81.4 cm³/mol. The second kappa shape index (κ2) is 6.95. The van der Waals surface area contributed by atoms with Crippen LogP contribution in [0.25, 0.3) is 0 Å². The summed E-state index contributed by atoms with van der Waals surface area (Å²) in [5.74, 6) is 0. The largest absolute Gasteiger partial charge is 0.288 e. The van der Waals surface area contributed by atoms with Crippen molar-refractivity contribution >= 4 is 5.71 Å². The second-order valence-electron chi connectivity index (χ2n) is 4.66. The lowest BCUT2D eigenvalue weighted by molar-refractivity contribution is 0.915. The fourth-order valence-corrected chi connectivity index (χ4v) is 1.89. The zero-order valence-corrected chi connectivity index (χ0v) is 12.0. The van der Waals surface area contributed by atoms with Gasteiger partial charge in [0.1, 0.15) is 0 Å². The third kappa shape index (κ3) is 3.99. The van der Waals surface area contributed by atoms with Crippen LogP contribution in [0, 0.1) is 6.92 Å². The molecule has 0 aromatic heterocycles. The maximum atomic E-state index is 4.38. The van der Waals surface area contributed by atoms with E-state index in [1.165, 1.54) is 22.3 Å². The van der Waals surface area contributed by atoms with Gasteiger partial charge in [-0.15, -0.1) is 0 Å². The Bertz CT molecular complexity index is 478. The molecule has 0 amide bonds. The molecule has 1 nitrogen and oxygen atoms in total. The summed E-state index contributed by atoms with van der Waals surface area (Å²) in [6.45, 7) is 10.5. The number of hydrogen-bond donors (Lipinski definition) is 0. The van der Waals surface area contributed by atoms with Crippen LogP contribution in [0.3, 0.4) is 0 Å². The monoisotopic (exact) mass is 241 g/mol. The Hall–Kier alpha value is -1.63. The Morgan fingerprint density at radius 3 is 2.67 bits per heavy atom. The smallest absolute Gasteiger partial charge is 0.0645 e. The zero-order chi connectivity index (χ0) is 13.5. The van der Waals surface area contributed by atoms with E-state index >= 15 is 0 Å². The minimum absolute atomic E-state index is 1.02. The average molecular weight is 241 g/mol. The van der Waals surface area contributed by atoms with Gasteiger partial charge < -0.3 is 0 Å². The Kier molecular flexibility index (Phi) is 5.57. The molecule has 0 saturated heterocycles. The summed E-state index contributed by atoms with van der Waals surface area (Å²) < 4.78 is 0. The molecule has 1 rings (SSSR count). The van der Waals surface area contributed by atoms with E-state index in [0.29, 0.717) is 0 Å². The van der Waals surface area contributed by atoms with Crippen molar-refractivity contribution in [3.63, 3.8) is 0 Å². The van der Waals surface area contributed by atoms with E-state index < -0.39 is 0 Å². The van der Waals surface area contributed by atoms with Gasteiger partial charge in [-0.3, -0.25) is 4.99 Å². The van der Waals surface area contributed by atoms with Crippen LogP contribution in [0.5, 0.6) is 0 Å². The first-order valence-corrected chi connectivity index (χ1v) is 6.48. The summed E-state index contributed by atoms with van der Waals surface area (Å²) in [7, 11) is 1.84. The van der Waals surface area contributed by atoms with E-state index in [-0.39, 0.29) is 0 Å². The number of aryl methyl sites for hydroxylation is 1. The number of rotatable bonds is 5. The highest BCUT2D eigenvalue weighted by atomic mass is 14.7.